The van der Waals surface area contributed by atoms with E-state index in [1.54, 1.807) is 14.2 Å². The van der Waals surface area contributed by atoms with Gasteiger partial charge in [-0.15, -0.1) is 12.4 Å². The van der Waals surface area contributed by atoms with Gasteiger partial charge in [-0.25, -0.2) is 0 Å². The van der Waals surface area contributed by atoms with Crippen LogP contribution in [0.25, 0.3) is 0 Å². The van der Waals surface area contributed by atoms with Gasteiger partial charge in [-0.1, -0.05) is 53.9 Å². The lowest BCUT2D eigenvalue weighted by molar-refractivity contribution is 0.351. The summed E-state index contributed by atoms with van der Waals surface area (Å²) in [7, 11) is 3.41. The van der Waals surface area contributed by atoms with Crippen molar-refractivity contribution in [1.29, 1.82) is 0 Å². The second kappa shape index (κ2) is 17.2. The maximum Gasteiger partial charge on any atom is 0.164 e. The first-order chi connectivity index (χ1) is 15.2. The van der Waals surface area contributed by atoms with Gasteiger partial charge in [0.05, 0.1) is 14.2 Å². The molecule has 180 valence electrons. The molecule has 0 saturated carbocycles. The monoisotopic (exact) mass is 526 g/mol. The fraction of sp³-hybridized carbons (Fsp3) is 0.538. The molecule has 0 aliphatic carbocycles. The number of benzene rings is 2. The van der Waals surface area contributed by atoms with Gasteiger partial charge in [-0.05, 0) is 87.6 Å². The van der Waals surface area contributed by atoms with Crippen LogP contribution in [0.2, 0.25) is 0 Å². The summed E-state index contributed by atoms with van der Waals surface area (Å²) in [5.74, 6) is 1.70. The van der Waals surface area contributed by atoms with Crippen LogP contribution < -0.4 is 20.1 Å². The van der Waals surface area contributed by atoms with Crippen LogP contribution in [0.5, 0.6) is 11.5 Å². The minimum atomic E-state index is 0. The molecular weight excluding hydrogens is 488 g/mol. The first kappa shape index (κ1) is 28.8. The Bertz CT molecular complexity index is 756. The van der Waals surface area contributed by atoms with Crippen molar-refractivity contribution in [2.24, 2.45) is 0 Å². The van der Waals surface area contributed by atoms with Crippen LogP contribution >= 0.6 is 28.3 Å². The van der Waals surface area contributed by atoms with E-state index >= 15 is 0 Å². The summed E-state index contributed by atoms with van der Waals surface area (Å²) >= 11 is 3.48. The summed E-state index contributed by atoms with van der Waals surface area (Å²) in [6, 6.07) is 12.8. The number of nitrogens with one attached hydrogen (secondary N) is 2. The number of hydrogen-bond acceptors (Lipinski definition) is 4. The van der Waals surface area contributed by atoms with Crippen LogP contribution in [0, 0.1) is 0 Å². The van der Waals surface area contributed by atoms with Gasteiger partial charge in [-0.2, -0.15) is 0 Å². The molecule has 0 spiro atoms. The van der Waals surface area contributed by atoms with Gasteiger partial charge in [0.1, 0.15) is 0 Å². The maximum atomic E-state index is 5.58. The molecule has 4 nitrogen and oxygen atoms in total. The van der Waals surface area contributed by atoms with E-state index in [0.717, 1.165) is 61.4 Å². The first-order valence-corrected chi connectivity index (χ1v) is 12.4. The highest BCUT2D eigenvalue weighted by atomic mass is 79.9. The largest absolute Gasteiger partial charge is 0.493 e. The molecule has 0 aliphatic rings. The molecule has 0 amide bonds. The van der Waals surface area contributed by atoms with Gasteiger partial charge in [0.15, 0.2) is 11.5 Å². The van der Waals surface area contributed by atoms with Crippen LogP contribution in [0.4, 0.5) is 0 Å². The molecule has 0 bridgehead atoms. The van der Waals surface area contributed by atoms with E-state index in [1.165, 1.54) is 42.4 Å². The van der Waals surface area contributed by atoms with Crippen LogP contribution in [0.3, 0.4) is 0 Å². The Kier molecular flexibility index (Phi) is 15.5. The van der Waals surface area contributed by atoms with E-state index in [2.05, 4.69) is 63.8 Å². The molecule has 6 heteroatoms. The molecule has 2 rings (SSSR count). The van der Waals surface area contributed by atoms with E-state index in [-0.39, 0.29) is 12.4 Å². The lowest BCUT2D eigenvalue weighted by Crippen LogP contribution is -2.20. The summed E-state index contributed by atoms with van der Waals surface area (Å²) < 4.78 is 12.1. The zero-order chi connectivity index (χ0) is 22.3. The standard InChI is InChI=1S/C26H39BrN2O2.ClH/c1-4-24-22(11-14-25(30-2)26(24)31-3)16-20-29-18-8-6-5-7-17-28-19-15-21-9-12-23(27)13-10-21;/h9-14,28-29H,4-8,15-20H2,1-3H3;1H. The predicted octanol–water partition coefficient (Wildman–Crippen LogP) is 5.98. The summed E-state index contributed by atoms with van der Waals surface area (Å²) in [5.41, 5.74) is 4.00. The highest BCUT2D eigenvalue weighted by Gasteiger charge is 2.12. The van der Waals surface area contributed by atoms with Gasteiger partial charge in [0, 0.05) is 10.0 Å². The van der Waals surface area contributed by atoms with Crippen molar-refractivity contribution in [3.63, 3.8) is 0 Å². The van der Waals surface area contributed by atoms with Crippen molar-refractivity contribution < 1.29 is 9.47 Å². The average Bonchev–Trinajstić information content (AvgIpc) is 2.80. The molecule has 0 radical (unpaired) electrons. The molecule has 2 aromatic carbocycles. The number of halogens is 2. The molecule has 0 heterocycles. The van der Waals surface area contributed by atoms with Gasteiger partial charge in [0.2, 0.25) is 0 Å². The van der Waals surface area contributed by atoms with Crippen LogP contribution in [-0.2, 0) is 19.3 Å². The maximum absolute atomic E-state index is 5.58. The fourth-order valence-corrected chi connectivity index (χ4v) is 4.13. The van der Waals surface area contributed by atoms with E-state index in [9.17, 15) is 0 Å². The predicted molar refractivity (Wildman–Crippen MR) is 142 cm³/mol. The number of rotatable bonds is 16. The smallest absolute Gasteiger partial charge is 0.164 e. The highest BCUT2D eigenvalue weighted by Crippen LogP contribution is 2.33. The van der Waals surface area contributed by atoms with Crippen LogP contribution in [-0.4, -0.2) is 40.4 Å². The van der Waals surface area contributed by atoms with Crippen molar-refractivity contribution in [3.05, 3.63) is 57.6 Å². The molecule has 32 heavy (non-hydrogen) atoms. The summed E-state index contributed by atoms with van der Waals surface area (Å²) in [6.07, 6.45) is 8.15. The molecule has 0 fully saturated rings. The van der Waals surface area contributed by atoms with E-state index in [1.807, 2.05) is 6.07 Å². The SMILES string of the molecule is CCc1c(CCNCCCCCCNCCc2ccc(Br)cc2)ccc(OC)c1OC.Cl. The normalized spacial score (nSPS) is 10.6. The molecule has 0 aliphatic heterocycles. The summed E-state index contributed by atoms with van der Waals surface area (Å²) in [4.78, 5) is 0. The van der Waals surface area contributed by atoms with Gasteiger partial charge < -0.3 is 20.1 Å². The Morgan fingerprint density at radius 1 is 0.750 bits per heavy atom. The molecule has 0 aromatic heterocycles. The van der Waals surface area contributed by atoms with Crippen LogP contribution in [0.1, 0.15) is 49.3 Å². The summed E-state index contributed by atoms with van der Waals surface area (Å²) in [5, 5.41) is 7.15. The first-order valence-electron chi connectivity index (χ1n) is 11.6. The number of ether oxygens (including phenoxy) is 2. The minimum absolute atomic E-state index is 0. The number of methoxy groups -OCH3 is 2. The summed E-state index contributed by atoms with van der Waals surface area (Å²) in [6.45, 7) is 6.43. The zero-order valence-corrected chi connectivity index (χ0v) is 22.2. The van der Waals surface area contributed by atoms with Gasteiger partial charge >= 0.3 is 0 Å². The minimum Gasteiger partial charge on any atom is -0.493 e. The third kappa shape index (κ3) is 10.1. The molecule has 0 saturated heterocycles. The van der Waals surface area contributed by atoms with Gasteiger partial charge in [-0.3, -0.25) is 0 Å². The molecule has 2 N–H and O–H groups in total. The lowest BCUT2D eigenvalue weighted by atomic mass is 10.0. The van der Waals surface area contributed by atoms with Crippen molar-refractivity contribution in [2.75, 3.05) is 40.4 Å². The second-order valence-corrected chi connectivity index (χ2v) is 8.75. The van der Waals surface area contributed by atoms with E-state index in [0.29, 0.717) is 0 Å². The Labute approximate surface area is 209 Å². The Morgan fingerprint density at radius 2 is 1.38 bits per heavy atom. The zero-order valence-electron chi connectivity index (χ0n) is 19.8. The second-order valence-electron chi connectivity index (χ2n) is 7.83. The average molecular weight is 528 g/mol. The third-order valence-electron chi connectivity index (χ3n) is 5.63. The fourth-order valence-electron chi connectivity index (χ4n) is 3.86. The lowest BCUT2D eigenvalue weighted by Gasteiger charge is -2.16. The molecular formula is C26H40BrClN2O2. The third-order valence-corrected chi connectivity index (χ3v) is 6.16. The van der Waals surface area contributed by atoms with Crippen molar-refractivity contribution >= 4 is 28.3 Å². The molecule has 2 aromatic rings. The molecule has 0 unspecified atom stereocenters. The van der Waals surface area contributed by atoms with Gasteiger partial charge in [0.25, 0.3) is 0 Å². The Balaban J connectivity index is 0.00000512. The topological polar surface area (TPSA) is 42.5 Å². The Hall–Kier alpha value is -1.27. The quantitative estimate of drug-likeness (QED) is 0.264. The number of unbranched alkanes of at least 4 members (excludes halogenated alkanes) is 3. The van der Waals surface area contributed by atoms with Crippen molar-refractivity contribution in [2.45, 2.75) is 51.9 Å². The van der Waals surface area contributed by atoms with E-state index in [4.69, 9.17) is 9.47 Å². The molecule has 0 atom stereocenters. The van der Waals surface area contributed by atoms with Crippen molar-refractivity contribution in [3.8, 4) is 11.5 Å². The number of hydrogen-bond donors (Lipinski definition) is 2. The van der Waals surface area contributed by atoms with Crippen LogP contribution in [0.15, 0.2) is 40.9 Å². The Morgan fingerprint density at radius 3 is 1.94 bits per heavy atom. The van der Waals surface area contributed by atoms with Crippen molar-refractivity contribution in [1.82, 2.24) is 10.6 Å². The highest BCUT2D eigenvalue weighted by molar-refractivity contribution is 9.10. The van der Waals surface area contributed by atoms with E-state index < -0.39 is 0 Å².